The third-order valence-electron chi connectivity index (χ3n) is 3.83. The summed E-state index contributed by atoms with van der Waals surface area (Å²) in [5, 5.41) is 15.0. The third kappa shape index (κ3) is 2.26. The van der Waals surface area contributed by atoms with E-state index in [4.69, 9.17) is 11.6 Å². The fourth-order valence-electron chi connectivity index (χ4n) is 2.96. The summed E-state index contributed by atoms with van der Waals surface area (Å²) in [4.78, 5) is 12.7. The molecule has 1 aliphatic carbocycles. The highest BCUT2D eigenvalue weighted by atomic mass is 35.5. The maximum absolute atomic E-state index is 12.7. The average Bonchev–Trinajstić information content (AvgIpc) is 2.95. The normalized spacial score (nSPS) is 11.9. The summed E-state index contributed by atoms with van der Waals surface area (Å²) < 4.78 is 1.73. The van der Waals surface area contributed by atoms with Crippen molar-refractivity contribution in [3.63, 3.8) is 0 Å². The second kappa shape index (κ2) is 6.14. The van der Waals surface area contributed by atoms with Crippen molar-refractivity contribution in [3.05, 3.63) is 52.5 Å². The number of hydrogen-bond acceptors (Lipinski definition) is 3. The van der Waals surface area contributed by atoms with Crippen molar-refractivity contribution in [2.45, 2.75) is 20.4 Å². The lowest BCUT2D eigenvalue weighted by Gasteiger charge is -2.15. The van der Waals surface area contributed by atoms with Gasteiger partial charge in [-0.3, -0.25) is 9.48 Å². The Morgan fingerprint density at radius 2 is 1.83 bits per heavy atom. The van der Waals surface area contributed by atoms with Gasteiger partial charge in [-0.25, -0.2) is 0 Å². The number of carbonyl (C=O) groups excluding carboxylic acids is 1. The van der Waals surface area contributed by atoms with E-state index in [1.54, 1.807) is 16.8 Å². The highest BCUT2D eigenvalue weighted by Gasteiger charge is 2.30. The van der Waals surface area contributed by atoms with Crippen LogP contribution in [0.5, 0.6) is 0 Å². The van der Waals surface area contributed by atoms with Gasteiger partial charge in [0.25, 0.3) is 0 Å². The molecular weight excluding hydrogens is 312 g/mol. The van der Waals surface area contributed by atoms with Crippen molar-refractivity contribution in [2.75, 3.05) is 6.61 Å². The number of aromatic nitrogens is 2. The minimum Gasteiger partial charge on any atom is -0.394 e. The van der Waals surface area contributed by atoms with Crippen LogP contribution >= 0.6 is 11.6 Å². The van der Waals surface area contributed by atoms with E-state index in [9.17, 15) is 9.90 Å². The zero-order chi connectivity index (χ0) is 16.6. The van der Waals surface area contributed by atoms with Gasteiger partial charge in [0.05, 0.1) is 29.3 Å². The Labute approximate surface area is 139 Å². The molecule has 0 bridgehead atoms. The van der Waals surface area contributed by atoms with E-state index in [-0.39, 0.29) is 12.4 Å². The quantitative estimate of drug-likeness (QED) is 0.606. The first-order chi connectivity index (χ1) is 11.2. The first-order valence-corrected chi connectivity index (χ1v) is 8.04. The molecule has 1 aromatic heterocycles. The SMILES string of the molecule is CC.O=C1c2c(Cl)cccc2-c2nn(CCO)c3cccc1c23. The van der Waals surface area contributed by atoms with Gasteiger partial charge in [0, 0.05) is 16.5 Å². The van der Waals surface area contributed by atoms with Crippen LogP contribution in [0.2, 0.25) is 5.02 Å². The van der Waals surface area contributed by atoms with Crippen molar-refractivity contribution in [1.82, 2.24) is 9.78 Å². The number of fused-ring (bicyclic) bond motifs is 2. The molecule has 118 valence electrons. The number of halogens is 1. The van der Waals surface area contributed by atoms with Crippen LogP contribution < -0.4 is 0 Å². The van der Waals surface area contributed by atoms with Gasteiger partial charge < -0.3 is 5.11 Å². The van der Waals surface area contributed by atoms with E-state index in [1.165, 1.54) is 0 Å². The van der Waals surface area contributed by atoms with Gasteiger partial charge in [-0.15, -0.1) is 0 Å². The van der Waals surface area contributed by atoms with Gasteiger partial charge in [-0.2, -0.15) is 5.10 Å². The Bertz CT molecular complexity index is 899. The number of benzene rings is 2. The molecule has 1 aliphatic rings. The van der Waals surface area contributed by atoms with Gasteiger partial charge in [-0.05, 0) is 12.1 Å². The molecule has 3 aromatic rings. The Kier molecular flexibility index (Phi) is 4.20. The van der Waals surface area contributed by atoms with E-state index in [0.29, 0.717) is 22.7 Å². The fraction of sp³-hybridized carbons (Fsp3) is 0.222. The minimum atomic E-state index is -0.0720. The molecule has 0 spiro atoms. The maximum atomic E-state index is 12.7. The lowest BCUT2D eigenvalue weighted by Crippen LogP contribution is -2.09. The van der Waals surface area contributed by atoms with E-state index in [2.05, 4.69) is 5.10 Å². The molecule has 0 fully saturated rings. The molecule has 0 radical (unpaired) electrons. The van der Waals surface area contributed by atoms with Crippen molar-refractivity contribution in [2.24, 2.45) is 0 Å². The summed E-state index contributed by atoms with van der Waals surface area (Å²) in [5.74, 6) is -0.0720. The molecule has 0 saturated heterocycles. The van der Waals surface area contributed by atoms with Crippen LogP contribution in [-0.4, -0.2) is 27.3 Å². The zero-order valence-electron chi connectivity index (χ0n) is 13.0. The molecule has 0 saturated carbocycles. The standard InChI is InChI=1S/C16H11ClN2O2.C2H6/c17-11-5-1-3-9-13(11)16(21)10-4-2-6-12-14(10)15(9)18-19(12)7-8-20;1-2/h1-6,20H,7-8H2;1-2H3. The monoisotopic (exact) mass is 328 g/mol. The van der Waals surface area contributed by atoms with Crippen LogP contribution in [0.25, 0.3) is 22.2 Å². The first-order valence-electron chi connectivity index (χ1n) is 7.66. The van der Waals surface area contributed by atoms with Gasteiger partial charge in [0.15, 0.2) is 5.78 Å². The highest BCUT2D eigenvalue weighted by Crippen LogP contribution is 2.41. The number of carbonyl (C=O) groups is 1. The number of aliphatic hydroxyl groups excluding tert-OH is 1. The number of nitrogens with zero attached hydrogens (tertiary/aromatic N) is 2. The molecule has 1 heterocycles. The van der Waals surface area contributed by atoms with Crippen molar-refractivity contribution in [3.8, 4) is 11.3 Å². The Hall–Kier alpha value is -2.17. The molecule has 5 heteroatoms. The van der Waals surface area contributed by atoms with Crippen LogP contribution in [0, 0.1) is 0 Å². The molecule has 1 N–H and O–H groups in total. The number of hydrogen-bond donors (Lipinski definition) is 1. The van der Waals surface area contributed by atoms with E-state index in [1.807, 2.05) is 38.1 Å². The highest BCUT2D eigenvalue weighted by molar-refractivity contribution is 6.38. The van der Waals surface area contributed by atoms with Crippen LogP contribution in [0.3, 0.4) is 0 Å². The minimum absolute atomic E-state index is 0.00318. The summed E-state index contributed by atoms with van der Waals surface area (Å²) in [6, 6.07) is 10.9. The van der Waals surface area contributed by atoms with Crippen molar-refractivity contribution >= 4 is 28.3 Å². The van der Waals surface area contributed by atoms with Gasteiger partial charge in [0.2, 0.25) is 0 Å². The fourth-order valence-corrected chi connectivity index (χ4v) is 3.22. The predicted octanol–water partition coefficient (Wildman–Crippen LogP) is 3.92. The number of aliphatic hydroxyl groups is 1. The molecule has 0 aliphatic heterocycles. The molecule has 2 aromatic carbocycles. The van der Waals surface area contributed by atoms with Crippen LogP contribution in [-0.2, 0) is 6.54 Å². The Balaban J connectivity index is 0.000000753. The Morgan fingerprint density at radius 3 is 2.57 bits per heavy atom. The second-order valence-corrected chi connectivity index (χ2v) is 5.39. The molecule has 4 rings (SSSR count). The van der Waals surface area contributed by atoms with Crippen molar-refractivity contribution in [1.29, 1.82) is 0 Å². The second-order valence-electron chi connectivity index (χ2n) is 4.99. The van der Waals surface area contributed by atoms with Gasteiger partial charge in [0.1, 0.15) is 5.69 Å². The van der Waals surface area contributed by atoms with E-state index < -0.39 is 0 Å². The predicted molar refractivity (Wildman–Crippen MR) is 92.0 cm³/mol. The molecular formula is C18H17ClN2O2. The topological polar surface area (TPSA) is 55.1 Å². The summed E-state index contributed by atoms with van der Waals surface area (Å²) in [6.45, 7) is 4.39. The van der Waals surface area contributed by atoms with Crippen LogP contribution in [0.15, 0.2) is 36.4 Å². The lowest BCUT2D eigenvalue weighted by molar-refractivity contribution is 0.104. The molecule has 0 atom stereocenters. The number of rotatable bonds is 2. The smallest absolute Gasteiger partial charge is 0.195 e. The summed E-state index contributed by atoms with van der Waals surface area (Å²) >= 11 is 6.21. The van der Waals surface area contributed by atoms with Crippen LogP contribution in [0.1, 0.15) is 29.8 Å². The average molecular weight is 329 g/mol. The Morgan fingerprint density at radius 1 is 1.13 bits per heavy atom. The third-order valence-corrected chi connectivity index (χ3v) is 4.15. The van der Waals surface area contributed by atoms with Crippen LogP contribution in [0.4, 0.5) is 0 Å². The molecule has 0 unspecified atom stereocenters. The lowest BCUT2D eigenvalue weighted by atomic mass is 9.87. The van der Waals surface area contributed by atoms with Gasteiger partial charge >= 0.3 is 0 Å². The van der Waals surface area contributed by atoms with E-state index in [0.717, 1.165) is 22.2 Å². The van der Waals surface area contributed by atoms with Gasteiger partial charge in [-0.1, -0.05) is 49.7 Å². The van der Waals surface area contributed by atoms with Crippen molar-refractivity contribution < 1.29 is 9.90 Å². The summed E-state index contributed by atoms with van der Waals surface area (Å²) in [7, 11) is 0. The summed E-state index contributed by atoms with van der Waals surface area (Å²) in [6.07, 6.45) is 0. The molecule has 0 amide bonds. The molecule has 23 heavy (non-hydrogen) atoms. The van der Waals surface area contributed by atoms with E-state index >= 15 is 0 Å². The summed E-state index contributed by atoms with van der Waals surface area (Å²) in [5.41, 5.74) is 3.50. The number of ketones is 1. The largest absolute Gasteiger partial charge is 0.394 e. The first kappa shape index (κ1) is 15.7. The molecule has 4 nitrogen and oxygen atoms in total. The maximum Gasteiger partial charge on any atom is 0.195 e. The zero-order valence-corrected chi connectivity index (χ0v) is 13.8.